The normalized spacial score (nSPS) is 14.6. The smallest absolute Gasteiger partial charge is 0.328 e. The fourth-order valence-electron chi connectivity index (χ4n) is 1.90. The minimum Gasteiger partial charge on any atom is -0.478 e. The molecule has 0 radical (unpaired) electrons. The van der Waals surface area contributed by atoms with Crippen molar-refractivity contribution in [3.05, 3.63) is 41.5 Å². The number of hydrogen-bond donors (Lipinski definition) is 1. The number of carbonyl (C=O) groups excluding carboxylic acids is 1. The van der Waals surface area contributed by atoms with Crippen LogP contribution in [0.3, 0.4) is 0 Å². The Morgan fingerprint density at radius 1 is 1.32 bits per heavy atom. The van der Waals surface area contributed by atoms with Crippen molar-refractivity contribution in [2.75, 3.05) is 13.6 Å². The van der Waals surface area contributed by atoms with Gasteiger partial charge >= 0.3 is 5.97 Å². The number of carbonyl (C=O) groups is 2. The van der Waals surface area contributed by atoms with Crippen LogP contribution in [0.15, 0.2) is 30.3 Å². The Balaban J connectivity index is 2.00. The first-order chi connectivity index (χ1) is 9.06. The molecule has 100 valence electrons. The number of carboxylic acids is 1. The van der Waals surface area contributed by atoms with Gasteiger partial charge in [0.25, 0.3) is 5.91 Å². The Labute approximate surface area is 112 Å². The van der Waals surface area contributed by atoms with E-state index in [1.54, 1.807) is 29.2 Å². The van der Waals surface area contributed by atoms with Crippen LogP contribution in [0.2, 0.25) is 0 Å². The molecule has 0 unspecified atom stereocenters. The molecule has 1 saturated carbocycles. The van der Waals surface area contributed by atoms with Crippen molar-refractivity contribution in [1.29, 1.82) is 0 Å². The Morgan fingerprint density at radius 3 is 2.47 bits per heavy atom. The molecular weight excluding hydrogens is 242 g/mol. The predicted octanol–water partition coefficient (Wildman–Crippen LogP) is 2.27. The summed E-state index contributed by atoms with van der Waals surface area (Å²) in [4.78, 5) is 24.2. The molecule has 0 spiro atoms. The SMILES string of the molecule is CN(CC1CC1)C(=O)c1ccc(/C=C/C(=O)O)cc1. The molecule has 1 aromatic carbocycles. The summed E-state index contributed by atoms with van der Waals surface area (Å²) < 4.78 is 0. The lowest BCUT2D eigenvalue weighted by Gasteiger charge is -2.16. The molecule has 2 rings (SSSR count). The molecule has 1 aliphatic rings. The maximum absolute atomic E-state index is 12.1. The molecule has 1 aromatic rings. The Bertz CT molecular complexity index is 501. The van der Waals surface area contributed by atoms with Crippen molar-refractivity contribution < 1.29 is 14.7 Å². The minimum absolute atomic E-state index is 0.0145. The van der Waals surface area contributed by atoms with E-state index < -0.39 is 5.97 Å². The molecule has 0 bridgehead atoms. The molecule has 0 aromatic heterocycles. The quantitative estimate of drug-likeness (QED) is 0.825. The predicted molar refractivity (Wildman–Crippen MR) is 72.8 cm³/mol. The Morgan fingerprint density at radius 2 is 1.95 bits per heavy atom. The Kier molecular flexibility index (Phi) is 4.00. The van der Waals surface area contributed by atoms with E-state index in [2.05, 4.69) is 0 Å². The van der Waals surface area contributed by atoms with Crippen LogP contribution in [0, 0.1) is 5.92 Å². The van der Waals surface area contributed by atoms with E-state index >= 15 is 0 Å². The summed E-state index contributed by atoms with van der Waals surface area (Å²) in [5, 5.41) is 8.53. The molecule has 1 aliphatic carbocycles. The summed E-state index contributed by atoms with van der Waals surface area (Å²) in [5.41, 5.74) is 1.40. The molecule has 1 N–H and O–H groups in total. The van der Waals surface area contributed by atoms with E-state index in [1.165, 1.54) is 18.9 Å². The third kappa shape index (κ3) is 3.95. The number of benzene rings is 1. The van der Waals surface area contributed by atoms with E-state index in [0.29, 0.717) is 11.5 Å². The van der Waals surface area contributed by atoms with Gasteiger partial charge < -0.3 is 10.0 Å². The number of nitrogens with zero attached hydrogens (tertiary/aromatic N) is 1. The highest BCUT2D eigenvalue weighted by atomic mass is 16.4. The van der Waals surface area contributed by atoms with Crippen LogP contribution >= 0.6 is 0 Å². The molecule has 4 nitrogen and oxygen atoms in total. The molecule has 0 aliphatic heterocycles. The summed E-state index contributed by atoms with van der Waals surface area (Å²) in [7, 11) is 1.82. The molecule has 4 heteroatoms. The van der Waals surface area contributed by atoms with Gasteiger partial charge in [0.15, 0.2) is 0 Å². The number of amides is 1. The van der Waals surface area contributed by atoms with Gasteiger partial charge in [0.2, 0.25) is 0 Å². The maximum Gasteiger partial charge on any atom is 0.328 e. The fraction of sp³-hybridized carbons (Fsp3) is 0.333. The average Bonchev–Trinajstić information content (AvgIpc) is 3.20. The summed E-state index contributed by atoms with van der Waals surface area (Å²) in [6.07, 6.45) is 5.02. The second kappa shape index (κ2) is 5.69. The van der Waals surface area contributed by atoms with Gasteiger partial charge in [-0.1, -0.05) is 12.1 Å². The highest BCUT2D eigenvalue weighted by Crippen LogP contribution is 2.29. The van der Waals surface area contributed by atoms with Gasteiger partial charge in [0, 0.05) is 25.2 Å². The van der Waals surface area contributed by atoms with Crippen molar-refractivity contribution in [2.45, 2.75) is 12.8 Å². The molecule has 19 heavy (non-hydrogen) atoms. The number of aliphatic carboxylic acids is 1. The van der Waals surface area contributed by atoms with Crippen LogP contribution in [0.4, 0.5) is 0 Å². The largest absolute Gasteiger partial charge is 0.478 e. The van der Waals surface area contributed by atoms with Crippen molar-refractivity contribution in [1.82, 2.24) is 4.90 Å². The summed E-state index contributed by atoms with van der Waals surface area (Å²) in [6, 6.07) is 6.95. The Hall–Kier alpha value is -2.10. The summed E-state index contributed by atoms with van der Waals surface area (Å²) >= 11 is 0. The monoisotopic (exact) mass is 259 g/mol. The van der Waals surface area contributed by atoms with Gasteiger partial charge in [0.05, 0.1) is 0 Å². The second-order valence-electron chi connectivity index (χ2n) is 4.92. The molecule has 0 heterocycles. The van der Waals surface area contributed by atoms with Gasteiger partial charge in [0.1, 0.15) is 0 Å². The molecule has 1 fully saturated rings. The van der Waals surface area contributed by atoms with Crippen LogP contribution < -0.4 is 0 Å². The van der Waals surface area contributed by atoms with Gasteiger partial charge in [-0.3, -0.25) is 4.79 Å². The van der Waals surface area contributed by atoms with Crippen LogP contribution in [-0.4, -0.2) is 35.5 Å². The average molecular weight is 259 g/mol. The standard InChI is InChI=1S/C15H17NO3/c1-16(10-12-2-3-12)15(19)13-7-4-11(5-8-13)6-9-14(17)18/h4-9,12H,2-3,10H2,1H3,(H,17,18)/b9-6+. The lowest BCUT2D eigenvalue weighted by molar-refractivity contribution is -0.131. The van der Waals surface area contributed by atoms with Gasteiger partial charge in [-0.2, -0.15) is 0 Å². The van der Waals surface area contributed by atoms with Gasteiger partial charge in [-0.15, -0.1) is 0 Å². The summed E-state index contributed by atoms with van der Waals surface area (Å²) in [6.45, 7) is 0.819. The molecule has 0 atom stereocenters. The lowest BCUT2D eigenvalue weighted by atomic mass is 10.1. The van der Waals surface area contributed by atoms with Crippen LogP contribution in [0.1, 0.15) is 28.8 Å². The van der Waals surface area contributed by atoms with Crippen LogP contribution in [-0.2, 0) is 4.79 Å². The zero-order chi connectivity index (χ0) is 13.8. The topological polar surface area (TPSA) is 57.6 Å². The highest BCUT2D eigenvalue weighted by molar-refractivity contribution is 5.94. The van der Waals surface area contributed by atoms with E-state index in [9.17, 15) is 9.59 Å². The number of rotatable bonds is 5. The van der Waals surface area contributed by atoms with E-state index in [0.717, 1.165) is 18.2 Å². The van der Waals surface area contributed by atoms with Gasteiger partial charge in [-0.05, 0) is 42.5 Å². The maximum atomic E-state index is 12.1. The van der Waals surface area contributed by atoms with Crippen LogP contribution in [0.5, 0.6) is 0 Å². The third-order valence-electron chi connectivity index (χ3n) is 3.15. The summed E-state index contributed by atoms with van der Waals surface area (Å²) in [5.74, 6) is -0.295. The van der Waals surface area contributed by atoms with E-state index in [4.69, 9.17) is 5.11 Å². The molecular formula is C15H17NO3. The first-order valence-corrected chi connectivity index (χ1v) is 6.33. The van der Waals surface area contributed by atoms with Crippen LogP contribution in [0.25, 0.3) is 6.08 Å². The molecule has 1 amide bonds. The van der Waals surface area contributed by atoms with E-state index in [1.807, 2.05) is 7.05 Å². The first kappa shape index (κ1) is 13.3. The van der Waals surface area contributed by atoms with Gasteiger partial charge in [-0.25, -0.2) is 4.79 Å². The fourth-order valence-corrected chi connectivity index (χ4v) is 1.90. The van der Waals surface area contributed by atoms with Crippen molar-refractivity contribution in [3.63, 3.8) is 0 Å². The second-order valence-corrected chi connectivity index (χ2v) is 4.92. The number of hydrogen-bond acceptors (Lipinski definition) is 2. The van der Waals surface area contributed by atoms with Crippen molar-refractivity contribution in [2.24, 2.45) is 5.92 Å². The third-order valence-corrected chi connectivity index (χ3v) is 3.15. The lowest BCUT2D eigenvalue weighted by Crippen LogP contribution is -2.28. The van der Waals surface area contributed by atoms with Crippen molar-refractivity contribution >= 4 is 18.0 Å². The minimum atomic E-state index is -0.982. The highest BCUT2D eigenvalue weighted by Gasteiger charge is 2.25. The zero-order valence-corrected chi connectivity index (χ0v) is 10.9. The zero-order valence-electron chi connectivity index (χ0n) is 10.9. The van der Waals surface area contributed by atoms with Crippen molar-refractivity contribution in [3.8, 4) is 0 Å². The first-order valence-electron chi connectivity index (χ1n) is 6.33. The van der Waals surface area contributed by atoms with E-state index in [-0.39, 0.29) is 5.91 Å². The molecule has 0 saturated heterocycles. The number of carboxylic acid groups (broad SMARTS) is 1.